The number of carbonyl (C=O) groups is 1. The minimum atomic E-state index is -0.0593. The van der Waals surface area contributed by atoms with Crippen LogP contribution in [0.3, 0.4) is 0 Å². The number of anilines is 1. The highest BCUT2D eigenvalue weighted by Gasteiger charge is 2.13. The molecule has 0 aliphatic carbocycles. The molecular weight excluding hydrogens is 362 g/mol. The molecule has 0 heterocycles. The molecule has 0 atom stereocenters. The van der Waals surface area contributed by atoms with E-state index in [1.165, 1.54) is 0 Å². The molecule has 0 fully saturated rings. The number of hydrogen-bond donors (Lipinski definition) is 1. The Morgan fingerprint density at radius 1 is 1.03 bits per heavy atom. The molecule has 1 N–H and O–H groups in total. The lowest BCUT2D eigenvalue weighted by Crippen LogP contribution is -2.10. The van der Waals surface area contributed by atoms with Crippen LogP contribution in [0.1, 0.15) is 49.2 Å². The summed E-state index contributed by atoms with van der Waals surface area (Å²) < 4.78 is 12.0. The third kappa shape index (κ3) is 6.53. The Kier molecular flexibility index (Phi) is 8.08. The van der Waals surface area contributed by atoms with Gasteiger partial charge in [0.05, 0.1) is 12.2 Å². The molecule has 0 aliphatic heterocycles. The van der Waals surface area contributed by atoms with Gasteiger partial charge in [-0.25, -0.2) is 0 Å². The van der Waals surface area contributed by atoms with Crippen molar-refractivity contribution in [3.63, 3.8) is 0 Å². The van der Waals surface area contributed by atoms with E-state index in [0.717, 1.165) is 22.6 Å². The van der Waals surface area contributed by atoms with Crippen molar-refractivity contribution < 1.29 is 14.3 Å². The predicted octanol–water partition coefficient (Wildman–Crippen LogP) is 5.93. The topological polar surface area (TPSA) is 47.6 Å². The Hall–Kier alpha value is -3.01. The summed E-state index contributed by atoms with van der Waals surface area (Å²) >= 11 is 0. The third-order valence-electron chi connectivity index (χ3n) is 4.15. The zero-order chi connectivity index (χ0) is 21.4. The summed E-state index contributed by atoms with van der Waals surface area (Å²) in [7, 11) is 1.85. The number of ketones is 1. The van der Waals surface area contributed by atoms with Gasteiger partial charge in [-0.1, -0.05) is 6.08 Å². The molecule has 2 rings (SSSR count). The maximum atomic E-state index is 12.6. The highest BCUT2D eigenvalue weighted by atomic mass is 16.5. The lowest BCUT2D eigenvalue weighted by atomic mass is 10.0. The van der Waals surface area contributed by atoms with E-state index in [-0.39, 0.29) is 18.0 Å². The van der Waals surface area contributed by atoms with Gasteiger partial charge in [-0.2, -0.15) is 0 Å². The normalized spacial score (nSPS) is 11.1. The molecule has 0 radical (unpaired) electrons. The first-order valence-corrected chi connectivity index (χ1v) is 9.95. The third-order valence-corrected chi connectivity index (χ3v) is 4.15. The summed E-state index contributed by atoms with van der Waals surface area (Å²) in [6.07, 6.45) is 5.95. The maximum Gasteiger partial charge on any atom is 0.185 e. The van der Waals surface area contributed by atoms with Crippen molar-refractivity contribution in [3.8, 4) is 11.5 Å². The van der Waals surface area contributed by atoms with E-state index in [1.54, 1.807) is 12.2 Å². The van der Waals surface area contributed by atoms with Gasteiger partial charge in [0.2, 0.25) is 0 Å². The molecule has 4 heteroatoms. The van der Waals surface area contributed by atoms with Crippen molar-refractivity contribution in [2.24, 2.45) is 0 Å². The van der Waals surface area contributed by atoms with E-state index >= 15 is 0 Å². The van der Waals surface area contributed by atoms with Gasteiger partial charge in [-0.05, 0) is 82.2 Å². The number of hydrogen-bond acceptors (Lipinski definition) is 4. The Labute approximate surface area is 174 Å². The van der Waals surface area contributed by atoms with Crippen LogP contribution in [0.2, 0.25) is 0 Å². The molecular formula is C25H31NO3. The van der Waals surface area contributed by atoms with Gasteiger partial charge in [0, 0.05) is 29.9 Å². The Bertz CT molecular complexity index is 864. The minimum Gasteiger partial charge on any atom is -0.491 e. The standard InChI is InChI=1S/C25H31NO3/c1-7-8-20-15-21(25(29-18(4)5)16-24(20)28-17(2)3)11-14-23(27)19-9-12-22(26-6)13-10-19/h7,9-18,26H,1,8H2,2-6H3/b14-11+. The summed E-state index contributed by atoms with van der Waals surface area (Å²) in [6, 6.07) is 11.3. The van der Waals surface area contributed by atoms with Gasteiger partial charge in [0.25, 0.3) is 0 Å². The molecule has 0 aliphatic rings. The van der Waals surface area contributed by atoms with Gasteiger partial charge in [0.1, 0.15) is 11.5 Å². The fraction of sp³-hybridized carbons (Fsp3) is 0.320. The lowest BCUT2D eigenvalue weighted by Gasteiger charge is -2.19. The smallest absolute Gasteiger partial charge is 0.185 e. The first-order valence-electron chi connectivity index (χ1n) is 9.95. The van der Waals surface area contributed by atoms with Crippen molar-refractivity contribution in [1.29, 1.82) is 0 Å². The van der Waals surface area contributed by atoms with Crippen LogP contribution in [-0.2, 0) is 6.42 Å². The Balaban J connectivity index is 2.39. The van der Waals surface area contributed by atoms with Crippen LogP contribution in [0.5, 0.6) is 11.5 Å². The van der Waals surface area contributed by atoms with E-state index in [4.69, 9.17) is 9.47 Å². The number of carbonyl (C=O) groups excluding carboxylic acids is 1. The quantitative estimate of drug-likeness (QED) is 0.309. The second kappa shape index (κ2) is 10.5. The van der Waals surface area contributed by atoms with Gasteiger partial charge >= 0.3 is 0 Å². The first kappa shape index (κ1) is 22.3. The number of benzene rings is 2. The SMILES string of the molecule is C=CCc1cc(/C=C/C(=O)c2ccc(NC)cc2)c(OC(C)C)cc1OC(C)C. The second-order valence-electron chi connectivity index (χ2n) is 7.35. The van der Waals surface area contributed by atoms with E-state index in [0.29, 0.717) is 17.7 Å². The Morgan fingerprint density at radius 2 is 1.66 bits per heavy atom. The van der Waals surface area contributed by atoms with E-state index in [2.05, 4.69) is 11.9 Å². The fourth-order valence-corrected chi connectivity index (χ4v) is 2.85. The second-order valence-corrected chi connectivity index (χ2v) is 7.35. The summed E-state index contributed by atoms with van der Waals surface area (Å²) in [5.74, 6) is 1.41. The summed E-state index contributed by atoms with van der Waals surface area (Å²) in [5, 5.41) is 3.05. The molecule has 0 bridgehead atoms. The summed E-state index contributed by atoms with van der Waals surface area (Å²) in [5.41, 5.74) is 3.45. The van der Waals surface area contributed by atoms with Crippen LogP contribution < -0.4 is 14.8 Å². The lowest BCUT2D eigenvalue weighted by molar-refractivity contribution is 0.104. The molecule has 2 aromatic carbocycles. The molecule has 29 heavy (non-hydrogen) atoms. The number of allylic oxidation sites excluding steroid dienone is 2. The van der Waals surface area contributed by atoms with Crippen molar-refractivity contribution in [2.45, 2.75) is 46.3 Å². The van der Waals surface area contributed by atoms with Gasteiger partial charge < -0.3 is 14.8 Å². The van der Waals surface area contributed by atoms with Crippen LogP contribution in [0.4, 0.5) is 5.69 Å². The molecule has 0 unspecified atom stereocenters. The minimum absolute atomic E-state index is 0.00379. The predicted molar refractivity (Wildman–Crippen MR) is 121 cm³/mol. The van der Waals surface area contributed by atoms with Crippen LogP contribution in [0.25, 0.3) is 6.08 Å². The number of rotatable bonds is 10. The number of nitrogens with one attached hydrogen (secondary N) is 1. The summed E-state index contributed by atoms with van der Waals surface area (Å²) in [6.45, 7) is 11.8. The highest BCUT2D eigenvalue weighted by molar-refractivity contribution is 6.07. The van der Waals surface area contributed by atoms with Gasteiger partial charge in [-0.15, -0.1) is 6.58 Å². The average molecular weight is 394 g/mol. The van der Waals surface area contributed by atoms with Crippen LogP contribution in [0, 0.1) is 0 Å². The first-order chi connectivity index (χ1) is 13.8. The van der Waals surface area contributed by atoms with Gasteiger partial charge in [-0.3, -0.25) is 4.79 Å². The molecule has 4 nitrogen and oxygen atoms in total. The Morgan fingerprint density at radius 3 is 2.21 bits per heavy atom. The number of ether oxygens (including phenoxy) is 2. The highest BCUT2D eigenvalue weighted by Crippen LogP contribution is 2.32. The molecule has 0 saturated heterocycles. The molecule has 0 spiro atoms. The largest absolute Gasteiger partial charge is 0.491 e. The zero-order valence-electron chi connectivity index (χ0n) is 18.0. The monoisotopic (exact) mass is 393 g/mol. The van der Waals surface area contributed by atoms with Gasteiger partial charge in [0.15, 0.2) is 5.78 Å². The fourth-order valence-electron chi connectivity index (χ4n) is 2.85. The van der Waals surface area contributed by atoms with Crippen molar-refractivity contribution in [1.82, 2.24) is 0 Å². The van der Waals surface area contributed by atoms with Crippen LogP contribution >= 0.6 is 0 Å². The van der Waals surface area contributed by atoms with E-state index < -0.39 is 0 Å². The van der Waals surface area contributed by atoms with E-state index in [9.17, 15) is 4.79 Å². The molecule has 0 amide bonds. The molecule has 0 saturated carbocycles. The average Bonchev–Trinajstić information content (AvgIpc) is 2.68. The van der Waals surface area contributed by atoms with Crippen molar-refractivity contribution in [2.75, 3.05) is 12.4 Å². The maximum absolute atomic E-state index is 12.6. The zero-order valence-corrected chi connectivity index (χ0v) is 18.0. The van der Waals surface area contributed by atoms with Crippen molar-refractivity contribution >= 4 is 17.5 Å². The molecule has 0 aromatic heterocycles. The molecule has 154 valence electrons. The summed E-state index contributed by atoms with van der Waals surface area (Å²) in [4.78, 5) is 12.6. The van der Waals surface area contributed by atoms with Crippen LogP contribution in [0.15, 0.2) is 55.1 Å². The van der Waals surface area contributed by atoms with E-state index in [1.807, 2.05) is 77.2 Å². The van der Waals surface area contributed by atoms with Crippen molar-refractivity contribution in [3.05, 3.63) is 71.8 Å². The molecule has 2 aromatic rings. The van der Waals surface area contributed by atoms with Crippen LogP contribution in [-0.4, -0.2) is 25.0 Å².